The van der Waals surface area contributed by atoms with Crippen molar-refractivity contribution in [3.05, 3.63) is 10.1 Å². The van der Waals surface area contributed by atoms with E-state index in [1.165, 1.54) is 18.6 Å². The summed E-state index contributed by atoms with van der Waals surface area (Å²) in [5, 5.41) is 10.5. The minimum Gasteiger partial charge on any atom is -0.265 e. The Labute approximate surface area is 64.3 Å². The second-order valence-electron chi connectivity index (χ2n) is 2.48. The first kappa shape index (κ1) is 7.85. The molecule has 0 aromatic heterocycles. The normalized spacial score (nSPS) is 25.0. The third kappa shape index (κ3) is 2.56. The highest BCUT2D eigenvalue weighted by Crippen LogP contribution is 2.28. The van der Waals surface area contributed by atoms with Crippen molar-refractivity contribution in [1.29, 1.82) is 0 Å². The smallest absolute Gasteiger partial charge is 0.204 e. The lowest BCUT2D eigenvalue weighted by molar-refractivity contribution is -0.480. The standard InChI is InChI=1S/C6H11NO2S/c8-7(9)4-3-6-2-1-5-10-6/h6H,1-5H2. The molecular formula is C6H11NO2S. The number of hydrogen-bond acceptors (Lipinski definition) is 3. The lowest BCUT2D eigenvalue weighted by Gasteiger charge is -2.02. The van der Waals surface area contributed by atoms with Crippen LogP contribution in [-0.4, -0.2) is 22.5 Å². The average molecular weight is 161 g/mol. The second-order valence-corrected chi connectivity index (χ2v) is 3.89. The highest BCUT2D eigenvalue weighted by atomic mass is 32.2. The first-order valence-corrected chi connectivity index (χ1v) is 4.57. The van der Waals surface area contributed by atoms with Gasteiger partial charge in [0.15, 0.2) is 0 Å². The Morgan fingerprint density at radius 1 is 1.70 bits per heavy atom. The summed E-state index contributed by atoms with van der Waals surface area (Å²) in [4.78, 5) is 9.73. The maximum absolute atomic E-state index is 9.95. The average Bonchev–Trinajstić information content (AvgIpc) is 2.34. The van der Waals surface area contributed by atoms with Crippen LogP contribution in [0.5, 0.6) is 0 Å². The largest absolute Gasteiger partial charge is 0.265 e. The summed E-state index contributed by atoms with van der Waals surface area (Å²) in [5.74, 6) is 1.20. The Hall–Kier alpha value is -0.250. The molecular weight excluding hydrogens is 150 g/mol. The Morgan fingerprint density at radius 2 is 2.50 bits per heavy atom. The fourth-order valence-electron chi connectivity index (χ4n) is 1.12. The monoisotopic (exact) mass is 161 g/mol. The Morgan fingerprint density at radius 3 is 3.00 bits per heavy atom. The summed E-state index contributed by atoms with van der Waals surface area (Å²) in [5.41, 5.74) is 0. The Kier molecular flexibility index (Phi) is 2.99. The van der Waals surface area contributed by atoms with E-state index in [0.717, 1.165) is 6.42 Å². The predicted molar refractivity (Wildman–Crippen MR) is 42.0 cm³/mol. The van der Waals surface area contributed by atoms with Crippen LogP contribution in [0.25, 0.3) is 0 Å². The quantitative estimate of drug-likeness (QED) is 0.466. The molecule has 1 fully saturated rings. The van der Waals surface area contributed by atoms with E-state index in [1.807, 2.05) is 11.8 Å². The summed E-state index contributed by atoms with van der Waals surface area (Å²) < 4.78 is 0. The molecule has 0 aliphatic carbocycles. The molecule has 0 amide bonds. The van der Waals surface area contributed by atoms with Crippen LogP contribution >= 0.6 is 11.8 Å². The summed E-state index contributed by atoms with van der Waals surface area (Å²) in [6.07, 6.45) is 3.18. The van der Waals surface area contributed by atoms with Gasteiger partial charge in [0, 0.05) is 16.6 Å². The molecule has 0 aromatic carbocycles. The van der Waals surface area contributed by atoms with E-state index < -0.39 is 0 Å². The molecule has 1 heterocycles. The molecule has 1 aliphatic rings. The van der Waals surface area contributed by atoms with Crippen molar-refractivity contribution >= 4 is 11.8 Å². The van der Waals surface area contributed by atoms with Crippen molar-refractivity contribution in [3.63, 3.8) is 0 Å². The van der Waals surface area contributed by atoms with Crippen molar-refractivity contribution in [1.82, 2.24) is 0 Å². The van der Waals surface area contributed by atoms with Gasteiger partial charge in [0.25, 0.3) is 0 Å². The van der Waals surface area contributed by atoms with Gasteiger partial charge in [0.1, 0.15) is 0 Å². The minimum atomic E-state index is -0.223. The van der Waals surface area contributed by atoms with Gasteiger partial charge in [-0.1, -0.05) is 0 Å². The summed E-state index contributed by atoms with van der Waals surface area (Å²) in [6.45, 7) is 0.150. The lowest BCUT2D eigenvalue weighted by Crippen LogP contribution is -2.07. The fraction of sp³-hybridized carbons (Fsp3) is 1.00. The van der Waals surface area contributed by atoms with Crippen molar-refractivity contribution in [2.24, 2.45) is 0 Å². The maximum Gasteiger partial charge on any atom is 0.204 e. The fourth-order valence-corrected chi connectivity index (χ4v) is 2.39. The van der Waals surface area contributed by atoms with Gasteiger partial charge in [0.05, 0.1) is 0 Å². The van der Waals surface area contributed by atoms with Crippen LogP contribution in [0.2, 0.25) is 0 Å². The van der Waals surface area contributed by atoms with Crippen LogP contribution in [-0.2, 0) is 0 Å². The summed E-state index contributed by atoms with van der Waals surface area (Å²) in [6, 6.07) is 0. The zero-order valence-electron chi connectivity index (χ0n) is 5.78. The molecule has 10 heavy (non-hydrogen) atoms. The summed E-state index contributed by atoms with van der Waals surface area (Å²) in [7, 11) is 0. The highest BCUT2D eigenvalue weighted by Gasteiger charge is 2.16. The number of thioether (sulfide) groups is 1. The third-order valence-corrected chi connectivity index (χ3v) is 3.12. The number of nitro groups is 1. The second kappa shape index (κ2) is 3.81. The first-order chi connectivity index (χ1) is 4.79. The van der Waals surface area contributed by atoms with Crippen molar-refractivity contribution in [2.75, 3.05) is 12.3 Å². The number of rotatable bonds is 3. The molecule has 58 valence electrons. The Bertz CT molecular complexity index is 123. The van der Waals surface area contributed by atoms with E-state index in [0.29, 0.717) is 5.25 Å². The van der Waals surface area contributed by atoms with Crippen molar-refractivity contribution in [2.45, 2.75) is 24.5 Å². The molecule has 0 bridgehead atoms. The van der Waals surface area contributed by atoms with E-state index >= 15 is 0 Å². The SMILES string of the molecule is O=[N+]([O-])CCC1CCCS1. The molecule has 1 atom stereocenters. The lowest BCUT2D eigenvalue weighted by atomic mass is 10.2. The first-order valence-electron chi connectivity index (χ1n) is 3.52. The predicted octanol–water partition coefficient (Wildman–Crippen LogP) is 1.55. The molecule has 0 spiro atoms. The zero-order valence-corrected chi connectivity index (χ0v) is 6.60. The van der Waals surface area contributed by atoms with Crippen molar-refractivity contribution < 1.29 is 4.92 Å². The molecule has 1 unspecified atom stereocenters. The molecule has 1 rings (SSSR count). The van der Waals surface area contributed by atoms with Gasteiger partial charge in [-0.2, -0.15) is 11.8 Å². The van der Waals surface area contributed by atoms with Crippen LogP contribution in [0.15, 0.2) is 0 Å². The van der Waals surface area contributed by atoms with Crippen LogP contribution in [0.3, 0.4) is 0 Å². The molecule has 0 aromatic rings. The molecule has 0 saturated carbocycles. The van der Waals surface area contributed by atoms with Gasteiger partial charge in [0.2, 0.25) is 6.54 Å². The topological polar surface area (TPSA) is 43.1 Å². The van der Waals surface area contributed by atoms with E-state index in [4.69, 9.17) is 0 Å². The van der Waals surface area contributed by atoms with Gasteiger partial charge >= 0.3 is 0 Å². The van der Waals surface area contributed by atoms with E-state index in [9.17, 15) is 10.1 Å². The zero-order chi connectivity index (χ0) is 7.40. The van der Waals surface area contributed by atoms with Gasteiger partial charge in [-0.3, -0.25) is 10.1 Å². The maximum atomic E-state index is 9.95. The number of hydrogen-bond donors (Lipinski definition) is 0. The van der Waals surface area contributed by atoms with E-state index in [1.54, 1.807) is 0 Å². The Balaban J connectivity index is 2.07. The van der Waals surface area contributed by atoms with Gasteiger partial charge in [-0.05, 0) is 18.6 Å². The van der Waals surface area contributed by atoms with Gasteiger partial charge < -0.3 is 0 Å². The van der Waals surface area contributed by atoms with Gasteiger partial charge in [-0.15, -0.1) is 0 Å². The molecule has 0 radical (unpaired) electrons. The molecule has 1 saturated heterocycles. The van der Waals surface area contributed by atoms with E-state index in [-0.39, 0.29) is 11.5 Å². The number of nitrogens with zero attached hydrogens (tertiary/aromatic N) is 1. The molecule has 1 aliphatic heterocycles. The van der Waals surface area contributed by atoms with E-state index in [2.05, 4.69) is 0 Å². The minimum absolute atomic E-state index is 0.150. The van der Waals surface area contributed by atoms with Crippen LogP contribution in [0.1, 0.15) is 19.3 Å². The highest BCUT2D eigenvalue weighted by molar-refractivity contribution is 8.00. The summed E-state index contributed by atoms with van der Waals surface area (Å²) >= 11 is 1.88. The van der Waals surface area contributed by atoms with Crippen LogP contribution in [0, 0.1) is 10.1 Å². The van der Waals surface area contributed by atoms with Crippen LogP contribution < -0.4 is 0 Å². The van der Waals surface area contributed by atoms with Gasteiger partial charge in [-0.25, -0.2) is 0 Å². The van der Waals surface area contributed by atoms with Crippen LogP contribution in [0.4, 0.5) is 0 Å². The third-order valence-electron chi connectivity index (χ3n) is 1.66. The molecule has 4 heteroatoms. The van der Waals surface area contributed by atoms with Crippen molar-refractivity contribution in [3.8, 4) is 0 Å². The molecule has 3 nitrogen and oxygen atoms in total. The molecule has 0 N–H and O–H groups in total.